The summed E-state index contributed by atoms with van der Waals surface area (Å²) in [6.07, 6.45) is 5.72. The maximum absolute atomic E-state index is 2.86. The summed E-state index contributed by atoms with van der Waals surface area (Å²) in [5.74, 6) is 0. The summed E-state index contributed by atoms with van der Waals surface area (Å²) in [6.45, 7) is 14.5. The van der Waals surface area contributed by atoms with Gasteiger partial charge in [-0.2, -0.15) is 0 Å². The molecule has 0 N–H and O–H groups in total. The Bertz CT molecular complexity index is 220. The Labute approximate surface area is 109 Å². The summed E-state index contributed by atoms with van der Waals surface area (Å²) in [5, 5.41) is 0. The maximum Gasteiger partial charge on any atom is 0.127 e. The summed E-state index contributed by atoms with van der Waals surface area (Å²) in [6, 6.07) is 4.26. The molecule has 0 aromatic heterocycles. The summed E-state index contributed by atoms with van der Waals surface area (Å²) >= 11 is 0. The number of piperazine rings is 1. The van der Waals surface area contributed by atoms with Crippen LogP contribution < -0.4 is 0 Å². The molecule has 0 spiro atoms. The van der Waals surface area contributed by atoms with Gasteiger partial charge < -0.3 is 9.47 Å². The van der Waals surface area contributed by atoms with Gasteiger partial charge in [-0.05, 0) is 30.8 Å². The number of nitrogens with zero attached hydrogens (tertiary/aromatic N) is 2. The molecule has 1 aliphatic heterocycles. The topological polar surface area (TPSA) is 6.48 Å². The number of hydrogen-bond donors (Lipinski definition) is 0. The van der Waals surface area contributed by atoms with Crippen molar-refractivity contribution in [1.29, 1.82) is 0 Å². The lowest BCUT2D eigenvalue weighted by Crippen LogP contribution is -2.58. The molecule has 0 aliphatic carbocycles. The quantitative estimate of drug-likeness (QED) is 0.669. The summed E-state index contributed by atoms with van der Waals surface area (Å²) in [4.78, 5) is 2.49. The lowest BCUT2D eigenvalue weighted by molar-refractivity contribution is 0.236. The van der Waals surface area contributed by atoms with E-state index < -0.39 is 8.24 Å². The molecular weight excluding hydrogens is 224 g/mol. The largest absolute Gasteiger partial charge is 0.375 e. The molecule has 1 saturated heterocycles. The molecule has 0 unspecified atom stereocenters. The monoisotopic (exact) mass is 254 g/mol. The molecule has 17 heavy (non-hydrogen) atoms. The van der Waals surface area contributed by atoms with Crippen LogP contribution in [0.25, 0.3) is 0 Å². The van der Waals surface area contributed by atoms with Gasteiger partial charge in [-0.1, -0.05) is 33.8 Å². The van der Waals surface area contributed by atoms with E-state index in [9.17, 15) is 0 Å². The highest BCUT2D eigenvalue weighted by Gasteiger charge is 2.35. The van der Waals surface area contributed by atoms with E-state index in [2.05, 4.69) is 49.4 Å². The van der Waals surface area contributed by atoms with Gasteiger partial charge in [-0.3, -0.25) is 0 Å². The van der Waals surface area contributed by atoms with Gasteiger partial charge in [0.25, 0.3) is 0 Å². The van der Waals surface area contributed by atoms with E-state index in [4.69, 9.17) is 0 Å². The minimum absolute atomic E-state index is 1.09. The van der Waals surface area contributed by atoms with Crippen molar-refractivity contribution in [3.05, 3.63) is 12.3 Å². The van der Waals surface area contributed by atoms with Gasteiger partial charge in [0, 0.05) is 26.2 Å². The molecule has 0 aromatic rings. The molecule has 0 atom stereocenters. The van der Waals surface area contributed by atoms with Gasteiger partial charge in [-0.25, -0.2) is 0 Å². The summed E-state index contributed by atoms with van der Waals surface area (Å²) in [7, 11) is -1.09. The van der Waals surface area contributed by atoms with E-state index >= 15 is 0 Å². The first kappa shape index (κ1) is 14.8. The zero-order valence-electron chi connectivity index (χ0n) is 12.2. The molecule has 100 valence electrons. The highest BCUT2D eigenvalue weighted by Crippen LogP contribution is 2.26. The van der Waals surface area contributed by atoms with Crippen LogP contribution in [0.1, 0.15) is 34.1 Å². The zero-order chi connectivity index (χ0) is 12.7. The van der Waals surface area contributed by atoms with Crippen LogP contribution in [0.5, 0.6) is 0 Å². The molecular formula is C14H30N2Si. The first-order chi connectivity index (χ1) is 8.22. The van der Waals surface area contributed by atoms with Gasteiger partial charge in [0.2, 0.25) is 0 Å². The minimum Gasteiger partial charge on any atom is -0.375 e. The Hall–Kier alpha value is -0.283. The molecule has 1 fully saturated rings. The third-order valence-electron chi connectivity index (χ3n) is 4.51. The van der Waals surface area contributed by atoms with Crippen molar-refractivity contribution >= 4 is 8.24 Å². The molecule has 2 nitrogen and oxygen atoms in total. The third kappa shape index (κ3) is 3.59. The first-order valence-electron chi connectivity index (χ1n) is 7.38. The normalized spacial score (nSPS) is 19.2. The third-order valence-corrected chi connectivity index (χ3v) is 10.2. The number of rotatable bonds is 6. The van der Waals surface area contributed by atoms with Crippen LogP contribution in [-0.4, -0.2) is 43.9 Å². The second kappa shape index (κ2) is 7.22. The lowest BCUT2D eigenvalue weighted by Gasteiger charge is -2.45. The van der Waals surface area contributed by atoms with Crippen LogP contribution in [0.2, 0.25) is 18.1 Å². The van der Waals surface area contributed by atoms with Crippen LogP contribution >= 0.6 is 0 Å². The molecule has 0 amide bonds. The highest BCUT2D eigenvalue weighted by molar-refractivity contribution is 6.77. The highest BCUT2D eigenvalue weighted by atomic mass is 28.3. The molecule has 0 aromatic carbocycles. The Morgan fingerprint density at radius 3 is 1.82 bits per heavy atom. The van der Waals surface area contributed by atoms with Gasteiger partial charge in [-0.15, -0.1) is 0 Å². The van der Waals surface area contributed by atoms with Crippen molar-refractivity contribution in [2.75, 3.05) is 26.2 Å². The second-order valence-electron chi connectivity index (χ2n) is 5.10. The van der Waals surface area contributed by atoms with E-state index in [1.165, 1.54) is 44.3 Å². The van der Waals surface area contributed by atoms with Crippen LogP contribution in [-0.2, 0) is 0 Å². The maximum atomic E-state index is 2.86. The van der Waals surface area contributed by atoms with Crippen molar-refractivity contribution in [3.63, 3.8) is 0 Å². The van der Waals surface area contributed by atoms with Gasteiger partial charge in [0.15, 0.2) is 0 Å². The van der Waals surface area contributed by atoms with Gasteiger partial charge in [0.05, 0.1) is 0 Å². The molecule has 0 radical (unpaired) electrons. The second-order valence-corrected chi connectivity index (χ2v) is 10.3. The Morgan fingerprint density at radius 1 is 0.882 bits per heavy atom. The SMILES string of the molecule is CC/C=C/N1CCN([Si](CC)(CC)CC)CC1. The van der Waals surface area contributed by atoms with E-state index in [1.807, 2.05) is 0 Å². The lowest BCUT2D eigenvalue weighted by atomic mass is 10.3. The van der Waals surface area contributed by atoms with Gasteiger partial charge in [0.1, 0.15) is 8.24 Å². The molecule has 3 heteroatoms. The molecule has 0 saturated carbocycles. The molecule has 1 heterocycles. The van der Waals surface area contributed by atoms with Crippen molar-refractivity contribution in [3.8, 4) is 0 Å². The van der Waals surface area contributed by atoms with E-state index in [0.29, 0.717) is 0 Å². The fraction of sp³-hybridized carbons (Fsp3) is 0.857. The first-order valence-corrected chi connectivity index (χ1v) is 9.95. The predicted molar refractivity (Wildman–Crippen MR) is 79.8 cm³/mol. The zero-order valence-corrected chi connectivity index (χ0v) is 13.2. The van der Waals surface area contributed by atoms with Crippen molar-refractivity contribution in [2.24, 2.45) is 0 Å². The molecule has 1 rings (SSSR count). The van der Waals surface area contributed by atoms with Crippen molar-refractivity contribution in [1.82, 2.24) is 9.47 Å². The van der Waals surface area contributed by atoms with Gasteiger partial charge >= 0.3 is 0 Å². The van der Waals surface area contributed by atoms with E-state index in [1.54, 1.807) is 0 Å². The average molecular weight is 254 g/mol. The smallest absolute Gasteiger partial charge is 0.127 e. The van der Waals surface area contributed by atoms with Crippen LogP contribution in [0.15, 0.2) is 12.3 Å². The molecule has 0 bridgehead atoms. The Kier molecular flexibility index (Phi) is 6.27. The van der Waals surface area contributed by atoms with E-state index in [0.717, 1.165) is 6.42 Å². The average Bonchev–Trinajstić information content (AvgIpc) is 2.40. The van der Waals surface area contributed by atoms with Crippen molar-refractivity contribution < 1.29 is 0 Å². The fourth-order valence-electron chi connectivity index (χ4n) is 3.02. The fourth-order valence-corrected chi connectivity index (χ4v) is 7.01. The Balaban J connectivity index is 2.52. The predicted octanol–water partition coefficient (Wildman–Crippen LogP) is 3.53. The molecule has 1 aliphatic rings. The number of allylic oxidation sites excluding steroid dienone is 1. The van der Waals surface area contributed by atoms with Crippen LogP contribution in [0, 0.1) is 0 Å². The van der Waals surface area contributed by atoms with E-state index in [-0.39, 0.29) is 0 Å². The standard InChI is InChI=1S/C14H30N2Si/c1-5-9-10-15-11-13-16(14-12-15)17(6-2,7-3)8-4/h9-10H,5-8,11-14H2,1-4H3/b10-9+. The van der Waals surface area contributed by atoms with Crippen molar-refractivity contribution in [2.45, 2.75) is 52.2 Å². The minimum atomic E-state index is -1.09. The number of hydrogen-bond acceptors (Lipinski definition) is 2. The summed E-state index contributed by atoms with van der Waals surface area (Å²) in [5.41, 5.74) is 0. The van der Waals surface area contributed by atoms with Crippen LogP contribution in [0.3, 0.4) is 0 Å². The Morgan fingerprint density at radius 2 is 1.41 bits per heavy atom. The summed E-state index contributed by atoms with van der Waals surface area (Å²) < 4.78 is 2.86. The van der Waals surface area contributed by atoms with Crippen LogP contribution in [0.4, 0.5) is 0 Å².